The summed E-state index contributed by atoms with van der Waals surface area (Å²) in [5.74, 6) is 0.498. The van der Waals surface area contributed by atoms with Crippen LogP contribution >= 0.6 is 0 Å². The minimum atomic E-state index is -3.70. The quantitative estimate of drug-likeness (QED) is 0.821. The van der Waals surface area contributed by atoms with Gasteiger partial charge in [0.25, 0.3) is 10.0 Å². The Bertz CT molecular complexity index is 831. The fraction of sp³-hybridized carbons (Fsp3) is 0.412. The molecule has 0 radical (unpaired) electrons. The molecule has 0 aromatic heterocycles. The molecule has 134 valence electrons. The summed E-state index contributed by atoms with van der Waals surface area (Å²) in [4.78, 5) is 15.8. The van der Waals surface area contributed by atoms with Crippen molar-refractivity contribution in [2.45, 2.75) is 13.3 Å². The van der Waals surface area contributed by atoms with Crippen LogP contribution in [0.5, 0.6) is 0 Å². The maximum atomic E-state index is 12.6. The van der Waals surface area contributed by atoms with Crippen LogP contribution in [0.3, 0.4) is 0 Å². The minimum Gasteiger partial charge on any atom is -0.354 e. The first-order valence-electron chi connectivity index (χ1n) is 8.27. The predicted octanol–water partition coefficient (Wildman–Crippen LogP) is 1.51. The molecule has 2 aliphatic rings. The van der Waals surface area contributed by atoms with Crippen molar-refractivity contribution in [1.29, 1.82) is 0 Å². The van der Waals surface area contributed by atoms with E-state index in [9.17, 15) is 13.2 Å². The topological polar surface area (TPSA) is 82.1 Å². The maximum Gasteiger partial charge on any atom is 0.317 e. The first-order valence-corrected chi connectivity index (χ1v) is 9.71. The summed E-state index contributed by atoms with van der Waals surface area (Å²) in [5.41, 5.74) is 1.32. The Morgan fingerprint density at radius 3 is 2.52 bits per heavy atom. The van der Waals surface area contributed by atoms with Crippen molar-refractivity contribution < 1.29 is 13.2 Å². The Hall–Kier alpha value is -2.35. The van der Waals surface area contributed by atoms with E-state index in [0.29, 0.717) is 43.2 Å². The normalized spacial score (nSPS) is 20.3. The van der Waals surface area contributed by atoms with E-state index in [1.54, 1.807) is 31.0 Å². The lowest BCUT2D eigenvalue weighted by Gasteiger charge is -2.23. The average Bonchev–Trinajstić information content (AvgIpc) is 2.76. The molecule has 1 aromatic rings. The lowest BCUT2D eigenvalue weighted by molar-refractivity contribution is 0.202. The number of sulfonamides is 1. The Labute approximate surface area is 148 Å². The summed E-state index contributed by atoms with van der Waals surface area (Å²) < 4.78 is 29.2. The molecule has 7 nitrogen and oxygen atoms in total. The lowest BCUT2D eigenvalue weighted by Crippen LogP contribution is -2.41. The van der Waals surface area contributed by atoms with Gasteiger partial charge in [0.1, 0.15) is 10.7 Å². The summed E-state index contributed by atoms with van der Waals surface area (Å²) in [6, 6.07) is 8.94. The van der Waals surface area contributed by atoms with Crippen molar-refractivity contribution >= 4 is 26.8 Å². The van der Waals surface area contributed by atoms with Gasteiger partial charge in [-0.15, -0.1) is 4.40 Å². The van der Waals surface area contributed by atoms with Gasteiger partial charge in [0.2, 0.25) is 0 Å². The van der Waals surface area contributed by atoms with Crippen molar-refractivity contribution in [1.82, 2.24) is 15.1 Å². The van der Waals surface area contributed by atoms with E-state index in [4.69, 9.17) is 0 Å². The van der Waals surface area contributed by atoms with Gasteiger partial charge in [-0.25, -0.2) is 4.79 Å². The van der Waals surface area contributed by atoms with E-state index in [1.807, 2.05) is 23.1 Å². The van der Waals surface area contributed by atoms with Crippen LogP contribution in [0.4, 0.5) is 4.79 Å². The van der Waals surface area contributed by atoms with Gasteiger partial charge in [-0.05, 0) is 18.9 Å². The maximum absolute atomic E-state index is 12.6. The van der Waals surface area contributed by atoms with E-state index < -0.39 is 10.0 Å². The van der Waals surface area contributed by atoms with Crippen LogP contribution in [0.25, 0.3) is 4.91 Å². The molecule has 1 saturated heterocycles. The number of urea groups is 1. The smallest absolute Gasteiger partial charge is 0.317 e. The number of amidine groups is 1. The van der Waals surface area contributed by atoms with Crippen LogP contribution in [0.1, 0.15) is 18.9 Å². The average molecular weight is 362 g/mol. The molecule has 1 N–H and O–H groups in total. The molecule has 2 heterocycles. The van der Waals surface area contributed by atoms with Crippen LogP contribution in [0.2, 0.25) is 0 Å². The van der Waals surface area contributed by atoms with Gasteiger partial charge in [0.05, 0.1) is 0 Å². The molecular formula is C17H22N4O3S. The summed E-state index contributed by atoms with van der Waals surface area (Å²) in [5, 5.41) is 2.63. The number of nitrogens with zero attached hydrogens (tertiary/aromatic N) is 3. The summed E-state index contributed by atoms with van der Waals surface area (Å²) in [7, 11) is -2.09. The van der Waals surface area contributed by atoms with E-state index in [1.165, 1.54) is 0 Å². The lowest BCUT2D eigenvalue weighted by atomic mass is 10.1. The summed E-state index contributed by atoms with van der Waals surface area (Å²) >= 11 is 0. The first-order chi connectivity index (χ1) is 11.9. The molecule has 0 spiro atoms. The van der Waals surface area contributed by atoms with Crippen molar-refractivity contribution in [3.63, 3.8) is 0 Å². The highest BCUT2D eigenvalue weighted by Gasteiger charge is 2.34. The van der Waals surface area contributed by atoms with Crippen LogP contribution in [0, 0.1) is 0 Å². The predicted molar refractivity (Wildman–Crippen MR) is 97.6 cm³/mol. The molecule has 3 rings (SSSR count). The number of benzene rings is 1. The second-order valence-corrected chi connectivity index (χ2v) is 7.63. The number of rotatable bonds is 1. The largest absolute Gasteiger partial charge is 0.354 e. The highest BCUT2D eigenvalue weighted by atomic mass is 32.2. The van der Waals surface area contributed by atoms with Gasteiger partial charge in [0.15, 0.2) is 0 Å². The molecule has 0 saturated carbocycles. The van der Waals surface area contributed by atoms with Gasteiger partial charge < -0.3 is 15.1 Å². The van der Waals surface area contributed by atoms with Crippen molar-refractivity contribution in [3.8, 4) is 0 Å². The highest BCUT2D eigenvalue weighted by molar-refractivity contribution is 8.00. The number of nitrogens with one attached hydrogen (secondary N) is 1. The van der Waals surface area contributed by atoms with Gasteiger partial charge in [-0.3, -0.25) is 0 Å². The van der Waals surface area contributed by atoms with Gasteiger partial charge in [-0.1, -0.05) is 30.3 Å². The van der Waals surface area contributed by atoms with Crippen LogP contribution in [0.15, 0.2) is 40.3 Å². The Morgan fingerprint density at radius 2 is 1.84 bits per heavy atom. The zero-order chi connectivity index (χ0) is 18.0. The van der Waals surface area contributed by atoms with Crippen molar-refractivity contribution in [2.24, 2.45) is 4.40 Å². The molecule has 0 atom stereocenters. The number of carbonyl (C=O) groups excluding carboxylic acids is 1. The zero-order valence-corrected chi connectivity index (χ0v) is 15.2. The molecule has 1 fully saturated rings. The van der Waals surface area contributed by atoms with E-state index in [-0.39, 0.29) is 10.9 Å². The third-order valence-corrected chi connectivity index (χ3v) is 5.94. The fourth-order valence-corrected chi connectivity index (χ4v) is 4.75. The van der Waals surface area contributed by atoms with Crippen LogP contribution < -0.4 is 5.32 Å². The van der Waals surface area contributed by atoms with Crippen LogP contribution in [-0.2, 0) is 10.0 Å². The number of carbonyl (C=O) groups is 1. The van der Waals surface area contributed by atoms with Crippen molar-refractivity contribution in [2.75, 3.05) is 33.2 Å². The monoisotopic (exact) mass is 362 g/mol. The molecule has 0 aliphatic carbocycles. The SMILES string of the molecule is CNC(=O)N1CCCN(C2=NS(=O)(=O)C(c3ccccc3)=C2C)CC1. The van der Waals surface area contributed by atoms with Gasteiger partial charge in [-0.2, -0.15) is 8.42 Å². The number of amides is 2. The Kier molecular flexibility index (Phi) is 4.80. The number of hydrogen-bond acceptors (Lipinski definition) is 4. The molecular weight excluding hydrogens is 340 g/mol. The summed E-state index contributed by atoms with van der Waals surface area (Å²) in [6.45, 7) is 4.20. The third kappa shape index (κ3) is 3.39. The second-order valence-electron chi connectivity index (χ2n) is 6.09. The first kappa shape index (κ1) is 17.5. The molecule has 0 unspecified atom stereocenters. The Morgan fingerprint density at radius 1 is 1.12 bits per heavy atom. The molecule has 2 amide bonds. The van der Waals surface area contributed by atoms with E-state index in [0.717, 1.165) is 6.42 Å². The summed E-state index contributed by atoms with van der Waals surface area (Å²) in [6.07, 6.45) is 0.764. The van der Waals surface area contributed by atoms with Gasteiger partial charge >= 0.3 is 6.03 Å². The standard InChI is InChI=1S/C17H22N4O3S/c1-13-15(14-7-4-3-5-8-14)25(23,24)19-16(13)20-9-6-10-21(12-11-20)17(22)18-2/h3-5,7-8H,6,9-12H2,1-2H3,(H,18,22). The number of hydrogen-bond donors (Lipinski definition) is 1. The van der Waals surface area contributed by atoms with Gasteiger partial charge in [0, 0.05) is 38.8 Å². The van der Waals surface area contributed by atoms with Crippen molar-refractivity contribution in [3.05, 3.63) is 41.5 Å². The molecule has 0 bridgehead atoms. The highest BCUT2D eigenvalue weighted by Crippen LogP contribution is 2.33. The molecule has 8 heteroatoms. The van der Waals surface area contributed by atoms with Crippen LogP contribution in [-0.4, -0.2) is 63.3 Å². The molecule has 2 aliphatic heterocycles. The fourth-order valence-electron chi connectivity index (χ4n) is 3.26. The molecule has 25 heavy (non-hydrogen) atoms. The molecule has 1 aromatic carbocycles. The Balaban J connectivity index is 1.88. The third-order valence-electron chi connectivity index (χ3n) is 4.47. The minimum absolute atomic E-state index is 0.111. The van der Waals surface area contributed by atoms with E-state index >= 15 is 0 Å². The van der Waals surface area contributed by atoms with E-state index in [2.05, 4.69) is 9.71 Å². The second kappa shape index (κ2) is 6.87. The zero-order valence-electron chi connectivity index (χ0n) is 14.4.